The average Bonchev–Trinajstić information content (AvgIpc) is 3.15. The molecule has 0 spiro atoms. The van der Waals surface area contributed by atoms with Crippen molar-refractivity contribution in [2.75, 3.05) is 27.3 Å². The van der Waals surface area contributed by atoms with Gasteiger partial charge in [0.2, 0.25) is 5.91 Å². The Labute approximate surface area is 308 Å². The molecule has 0 aliphatic rings. The van der Waals surface area contributed by atoms with Crippen molar-refractivity contribution < 1.29 is 41.6 Å². The van der Waals surface area contributed by atoms with E-state index in [4.69, 9.17) is 9.47 Å². The fourth-order valence-corrected chi connectivity index (χ4v) is 5.17. The molecule has 3 rings (SSSR count). The number of carbonyl (C=O) groups is 4. The molecule has 1 aromatic heterocycles. The second kappa shape index (κ2) is 19.0. The standard InChI is InChI=1S/C38H52N6O8/c1-37(2,3)31(41-35(49)51-6)34(48)43-44(22-26-16-18-27(19-17-26)28-15-11-12-20-39-28)23-30(46)29(21-25-13-9-8-10-14-25)40-33(47)32(38(4,5)24-45)42-36(50)52-7/h8-20,29-32,45-46H,21-24H2,1-7H3,(H,40,47)(H,41,49)(H,42,50)(H,43,48)/t29-,30-,31+,32+/m0/s1/i23D2. The molecule has 14 heteroatoms. The molecule has 0 aliphatic heterocycles. The predicted molar refractivity (Wildman–Crippen MR) is 195 cm³/mol. The lowest BCUT2D eigenvalue weighted by molar-refractivity contribution is -0.132. The number of aliphatic hydroxyl groups excluding tert-OH is 2. The van der Waals surface area contributed by atoms with Crippen LogP contribution in [-0.4, -0.2) is 95.8 Å². The van der Waals surface area contributed by atoms with Crippen LogP contribution in [0.4, 0.5) is 9.59 Å². The quantitative estimate of drug-likeness (QED) is 0.120. The predicted octanol–water partition coefficient (Wildman–Crippen LogP) is 3.18. The average molecular weight is 723 g/mol. The summed E-state index contributed by atoms with van der Waals surface area (Å²) in [5.74, 6) is -1.63. The van der Waals surface area contributed by atoms with Crippen LogP contribution >= 0.6 is 0 Å². The first-order chi connectivity index (χ1) is 25.3. The number of amides is 4. The lowest BCUT2D eigenvalue weighted by Crippen LogP contribution is -2.61. The molecule has 52 heavy (non-hydrogen) atoms. The number of aliphatic hydroxyl groups is 2. The molecule has 0 bridgehead atoms. The summed E-state index contributed by atoms with van der Waals surface area (Å²) in [6.07, 6.45) is -2.27. The lowest BCUT2D eigenvalue weighted by atomic mass is 9.84. The van der Waals surface area contributed by atoms with Crippen molar-refractivity contribution in [1.29, 1.82) is 0 Å². The van der Waals surface area contributed by atoms with Crippen LogP contribution in [0.15, 0.2) is 79.0 Å². The second-order valence-corrected chi connectivity index (χ2v) is 14.0. The maximum atomic E-state index is 13.9. The van der Waals surface area contributed by atoms with Crippen molar-refractivity contribution in [2.45, 2.75) is 71.8 Å². The highest BCUT2D eigenvalue weighted by atomic mass is 16.5. The van der Waals surface area contributed by atoms with E-state index in [-0.39, 0.29) is 13.0 Å². The van der Waals surface area contributed by atoms with Gasteiger partial charge in [-0.1, -0.05) is 95.3 Å². The minimum absolute atomic E-state index is 0.0766. The van der Waals surface area contributed by atoms with E-state index in [1.165, 1.54) is 0 Å². The van der Waals surface area contributed by atoms with E-state index >= 15 is 0 Å². The minimum Gasteiger partial charge on any atom is -0.453 e. The van der Waals surface area contributed by atoms with Gasteiger partial charge in [0, 0.05) is 33.0 Å². The van der Waals surface area contributed by atoms with E-state index < -0.39 is 72.2 Å². The lowest BCUT2D eigenvalue weighted by Gasteiger charge is -2.36. The summed E-state index contributed by atoms with van der Waals surface area (Å²) in [6, 6.07) is 17.3. The highest BCUT2D eigenvalue weighted by Gasteiger charge is 2.39. The Kier molecular flexibility index (Phi) is 13.9. The number of ether oxygens (including phenoxy) is 2. The third-order valence-electron chi connectivity index (χ3n) is 8.27. The van der Waals surface area contributed by atoms with Gasteiger partial charge >= 0.3 is 12.2 Å². The first kappa shape index (κ1) is 38.2. The molecule has 3 aromatic rings. The Balaban J connectivity index is 2.08. The first-order valence-electron chi connectivity index (χ1n) is 17.7. The number of hydrogen-bond acceptors (Lipinski definition) is 10. The molecule has 6 N–H and O–H groups in total. The van der Waals surface area contributed by atoms with E-state index in [9.17, 15) is 32.1 Å². The SMILES string of the molecule is [2H]C([2H])([C@H](O)[C@H](Cc1ccccc1)NC(=O)[C@@H](NC(=O)OC)C(C)(C)CO)N(Cc1ccc(-c2ccccn2)cc1)NC(=O)[C@@H](NC(=O)OC)C(C)(C)C. The van der Waals surface area contributed by atoms with Crippen molar-refractivity contribution in [3.63, 3.8) is 0 Å². The largest absolute Gasteiger partial charge is 0.453 e. The zero-order chi connectivity index (χ0) is 40.3. The number of hydrogen-bond donors (Lipinski definition) is 6. The Morgan fingerprint density at radius 1 is 0.808 bits per heavy atom. The van der Waals surface area contributed by atoms with Gasteiger partial charge in [-0.15, -0.1) is 0 Å². The van der Waals surface area contributed by atoms with Crippen LogP contribution in [0.2, 0.25) is 0 Å². The Bertz CT molecular complexity index is 1690. The van der Waals surface area contributed by atoms with Crippen LogP contribution in [0.25, 0.3) is 11.3 Å². The molecule has 4 amide bonds. The number of benzene rings is 2. The van der Waals surface area contributed by atoms with Crippen LogP contribution in [0.1, 0.15) is 48.5 Å². The summed E-state index contributed by atoms with van der Waals surface area (Å²) in [5, 5.41) is 30.6. The van der Waals surface area contributed by atoms with Crippen molar-refractivity contribution in [1.82, 2.24) is 31.4 Å². The fraction of sp³-hybridized carbons (Fsp3) is 0.447. The van der Waals surface area contributed by atoms with Crippen molar-refractivity contribution in [3.8, 4) is 11.3 Å². The van der Waals surface area contributed by atoms with Crippen LogP contribution in [0.3, 0.4) is 0 Å². The van der Waals surface area contributed by atoms with Crippen molar-refractivity contribution in [2.24, 2.45) is 10.8 Å². The Morgan fingerprint density at radius 2 is 1.40 bits per heavy atom. The number of hydrazine groups is 1. The van der Waals surface area contributed by atoms with Crippen molar-refractivity contribution in [3.05, 3.63) is 90.1 Å². The summed E-state index contributed by atoms with van der Waals surface area (Å²) in [4.78, 5) is 56.7. The smallest absolute Gasteiger partial charge is 0.407 e. The first-order valence-corrected chi connectivity index (χ1v) is 16.7. The number of nitrogens with one attached hydrogen (secondary N) is 4. The molecule has 14 nitrogen and oxygen atoms in total. The van der Waals surface area contributed by atoms with E-state index in [1.807, 2.05) is 12.1 Å². The molecule has 2 aromatic carbocycles. The normalized spacial score (nSPS) is 14.8. The highest BCUT2D eigenvalue weighted by molar-refractivity contribution is 5.87. The summed E-state index contributed by atoms with van der Waals surface area (Å²) in [7, 11) is 2.27. The van der Waals surface area contributed by atoms with Gasteiger partial charge in [0.1, 0.15) is 12.1 Å². The van der Waals surface area contributed by atoms with Crippen molar-refractivity contribution >= 4 is 24.0 Å². The minimum atomic E-state index is -2.81. The van der Waals surface area contributed by atoms with Gasteiger partial charge in [0.15, 0.2) is 0 Å². The molecule has 282 valence electrons. The highest BCUT2D eigenvalue weighted by Crippen LogP contribution is 2.23. The molecule has 0 aliphatic carbocycles. The molecular formula is C38H52N6O8. The Hall–Kier alpha value is -5.05. The molecule has 1 heterocycles. The number of pyridine rings is 1. The Morgan fingerprint density at radius 3 is 1.94 bits per heavy atom. The summed E-state index contributed by atoms with van der Waals surface area (Å²) in [5.41, 5.74) is 3.18. The fourth-order valence-electron chi connectivity index (χ4n) is 5.17. The number of aromatic nitrogens is 1. The number of alkyl carbamates (subject to hydrolysis) is 2. The molecular weight excluding hydrogens is 668 g/mol. The van der Waals surface area contributed by atoms with Gasteiger partial charge in [-0.05, 0) is 35.1 Å². The van der Waals surface area contributed by atoms with Crippen LogP contribution < -0.4 is 21.4 Å². The van der Waals surface area contributed by atoms with Gasteiger partial charge in [-0.25, -0.2) is 14.6 Å². The van der Waals surface area contributed by atoms with Gasteiger partial charge in [-0.2, -0.15) is 0 Å². The molecule has 0 radical (unpaired) electrons. The van der Waals surface area contributed by atoms with E-state index in [0.717, 1.165) is 24.8 Å². The van der Waals surface area contributed by atoms with E-state index in [2.05, 4.69) is 26.4 Å². The van der Waals surface area contributed by atoms with E-state index in [0.29, 0.717) is 16.8 Å². The number of nitrogens with zero attached hydrogens (tertiary/aromatic N) is 2. The monoisotopic (exact) mass is 722 g/mol. The second-order valence-electron chi connectivity index (χ2n) is 14.0. The third-order valence-corrected chi connectivity index (χ3v) is 8.27. The zero-order valence-corrected chi connectivity index (χ0v) is 30.7. The summed E-state index contributed by atoms with van der Waals surface area (Å²) < 4.78 is 28.1. The van der Waals surface area contributed by atoms with Gasteiger partial charge in [0.25, 0.3) is 5.91 Å². The van der Waals surface area contributed by atoms with Crippen LogP contribution in [-0.2, 0) is 32.0 Å². The topological polar surface area (TPSA) is 191 Å². The molecule has 0 unspecified atom stereocenters. The van der Waals surface area contributed by atoms with Gasteiger partial charge in [0.05, 0.1) is 38.7 Å². The van der Waals surface area contributed by atoms with Gasteiger partial charge < -0.3 is 35.6 Å². The molecule has 0 fully saturated rings. The van der Waals surface area contributed by atoms with Crippen LogP contribution in [0, 0.1) is 10.8 Å². The zero-order valence-electron chi connectivity index (χ0n) is 32.7. The number of methoxy groups -OCH3 is 2. The molecule has 4 atom stereocenters. The van der Waals surface area contributed by atoms with Crippen LogP contribution in [0.5, 0.6) is 0 Å². The molecule has 0 saturated heterocycles. The van der Waals surface area contributed by atoms with E-state index in [1.54, 1.807) is 101 Å². The third kappa shape index (κ3) is 12.3. The summed E-state index contributed by atoms with van der Waals surface area (Å²) in [6.45, 7) is 4.59. The summed E-state index contributed by atoms with van der Waals surface area (Å²) >= 11 is 0. The maximum Gasteiger partial charge on any atom is 0.407 e. The number of carbonyl (C=O) groups excluding carboxylic acids is 4. The van der Waals surface area contributed by atoms with Gasteiger partial charge in [-0.3, -0.25) is 20.0 Å². The maximum absolute atomic E-state index is 13.9. The molecule has 0 saturated carbocycles. The number of rotatable bonds is 16.